The highest BCUT2D eigenvalue weighted by Gasteiger charge is 2.23. The number of nitrogens with zero attached hydrogens (tertiary/aromatic N) is 4. The molecule has 0 saturated heterocycles. The molecule has 0 aliphatic carbocycles. The van der Waals surface area contributed by atoms with E-state index in [4.69, 9.17) is 21.8 Å². The first-order valence-corrected chi connectivity index (χ1v) is 9.81. The summed E-state index contributed by atoms with van der Waals surface area (Å²) in [4.78, 5) is 33.6. The van der Waals surface area contributed by atoms with Gasteiger partial charge >= 0.3 is 0 Å². The normalized spacial score (nSPS) is 11.1. The number of aryl methyl sites for hydroxylation is 2. The Morgan fingerprint density at radius 3 is 2.77 bits per heavy atom. The molecule has 3 heterocycles. The molecule has 0 spiro atoms. The third kappa shape index (κ3) is 3.44. The molecule has 0 atom stereocenters. The lowest BCUT2D eigenvalue weighted by Crippen LogP contribution is -2.22. The fourth-order valence-electron chi connectivity index (χ4n) is 3.08. The van der Waals surface area contributed by atoms with Gasteiger partial charge in [-0.3, -0.25) is 9.59 Å². The number of oxazole rings is 1. The number of aromatic nitrogens is 4. The number of carbonyl (C=O) groups is 2. The Kier molecular flexibility index (Phi) is 5.04. The number of rotatable bonds is 4. The molecule has 9 nitrogen and oxygen atoms in total. The molecule has 0 aliphatic rings. The van der Waals surface area contributed by atoms with Crippen LogP contribution in [0.15, 0.2) is 39.5 Å². The van der Waals surface area contributed by atoms with Gasteiger partial charge in [0.25, 0.3) is 11.8 Å². The maximum absolute atomic E-state index is 13.1. The minimum atomic E-state index is -0.710. The summed E-state index contributed by atoms with van der Waals surface area (Å²) < 4.78 is 7.32. The standard InChI is InChI=1S/C19H14BrClN6O3/c1-8-15(10(17(22)28)6-12-16(8)30-9(2)24-12)25-19(29)13-7-14(20)26-27(13)18-11(21)4-3-5-23-18/h3-7H,1-2H3,(H2,22,28)(H,25,29). The van der Waals surface area contributed by atoms with Crippen LogP contribution in [-0.4, -0.2) is 31.6 Å². The second-order valence-electron chi connectivity index (χ2n) is 6.40. The fourth-order valence-corrected chi connectivity index (χ4v) is 3.65. The average molecular weight is 490 g/mol. The third-order valence-corrected chi connectivity index (χ3v) is 5.06. The summed E-state index contributed by atoms with van der Waals surface area (Å²) in [6.07, 6.45) is 1.54. The fraction of sp³-hybridized carbons (Fsp3) is 0.105. The Morgan fingerprint density at radius 2 is 2.07 bits per heavy atom. The zero-order chi connectivity index (χ0) is 21.6. The molecule has 4 rings (SSSR count). The molecule has 4 aromatic rings. The summed E-state index contributed by atoms with van der Waals surface area (Å²) >= 11 is 9.48. The van der Waals surface area contributed by atoms with Gasteiger partial charge in [-0.1, -0.05) is 11.6 Å². The molecule has 3 N–H and O–H groups in total. The molecule has 30 heavy (non-hydrogen) atoms. The van der Waals surface area contributed by atoms with Crippen LogP contribution in [0.25, 0.3) is 16.9 Å². The quantitative estimate of drug-likeness (QED) is 0.449. The van der Waals surface area contributed by atoms with Crippen LogP contribution in [0.3, 0.4) is 0 Å². The minimum Gasteiger partial charge on any atom is -0.441 e. The van der Waals surface area contributed by atoms with Crippen molar-refractivity contribution in [3.05, 3.63) is 62.8 Å². The van der Waals surface area contributed by atoms with Crippen LogP contribution in [0.1, 0.15) is 32.3 Å². The Hall–Kier alpha value is -3.24. The molecule has 0 radical (unpaired) electrons. The number of primary amides is 1. The van der Waals surface area contributed by atoms with Gasteiger partial charge in [0.1, 0.15) is 15.8 Å². The van der Waals surface area contributed by atoms with Crippen molar-refractivity contribution in [2.75, 3.05) is 5.32 Å². The molecule has 0 saturated carbocycles. The smallest absolute Gasteiger partial charge is 0.274 e. The van der Waals surface area contributed by atoms with Crippen molar-refractivity contribution in [1.82, 2.24) is 19.7 Å². The molecule has 0 bridgehead atoms. The van der Waals surface area contributed by atoms with Gasteiger partial charge in [-0.2, -0.15) is 5.10 Å². The van der Waals surface area contributed by atoms with Crippen molar-refractivity contribution in [3.63, 3.8) is 0 Å². The number of hydrogen-bond acceptors (Lipinski definition) is 6. The van der Waals surface area contributed by atoms with Gasteiger partial charge < -0.3 is 15.5 Å². The number of nitrogens with two attached hydrogens (primary N) is 1. The van der Waals surface area contributed by atoms with Crippen molar-refractivity contribution >= 4 is 56.1 Å². The van der Waals surface area contributed by atoms with Gasteiger partial charge in [0.2, 0.25) is 0 Å². The minimum absolute atomic E-state index is 0.114. The first-order valence-electron chi connectivity index (χ1n) is 8.64. The second kappa shape index (κ2) is 7.54. The highest BCUT2D eigenvalue weighted by Crippen LogP contribution is 2.31. The summed E-state index contributed by atoms with van der Waals surface area (Å²) in [5.41, 5.74) is 7.48. The van der Waals surface area contributed by atoms with E-state index in [0.717, 1.165) is 0 Å². The van der Waals surface area contributed by atoms with Crippen LogP contribution in [0, 0.1) is 13.8 Å². The third-order valence-electron chi connectivity index (χ3n) is 4.38. The van der Waals surface area contributed by atoms with Crippen LogP contribution >= 0.6 is 27.5 Å². The summed E-state index contributed by atoms with van der Waals surface area (Å²) in [5, 5.41) is 7.30. The molecular formula is C19H14BrClN6O3. The van der Waals surface area contributed by atoms with Crippen molar-refractivity contribution in [2.24, 2.45) is 5.73 Å². The van der Waals surface area contributed by atoms with Gasteiger partial charge in [0, 0.05) is 24.8 Å². The van der Waals surface area contributed by atoms with Crippen LogP contribution in [0.5, 0.6) is 0 Å². The molecule has 3 aromatic heterocycles. The number of anilines is 1. The van der Waals surface area contributed by atoms with E-state index in [1.807, 2.05) is 0 Å². The van der Waals surface area contributed by atoms with E-state index < -0.39 is 11.8 Å². The molecule has 11 heteroatoms. The number of pyridine rings is 1. The highest BCUT2D eigenvalue weighted by atomic mass is 79.9. The zero-order valence-electron chi connectivity index (χ0n) is 15.7. The van der Waals surface area contributed by atoms with E-state index in [9.17, 15) is 9.59 Å². The van der Waals surface area contributed by atoms with Gasteiger partial charge in [-0.05, 0) is 41.1 Å². The Balaban J connectivity index is 1.82. The molecule has 0 unspecified atom stereocenters. The number of nitrogens with one attached hydrogen (secondary N) is 1. The molecule has 1 aromatic carbocycles. The van der Waals surface area contributed by atoms with Crippen molar-refractivity contribution < 1.29 is 14.0 Å². The largest absolute Gasteiger partial charge is 0.441 e. The number of benzene rings is 1. The summed E-state index contributed by atoms with van der Waals surface area (Å²) in [7, 11) is 0. The number of hydrogen-bond donors (Lipinski definition) is 2. The predicted molar refractivity (Wildman–Crippen MR) is 114 cm³/mol. The molecule has 2 amide bonds. The van der Waals surface area contributed by atoms with Crippen molar-refractivity contribution in [2.45, 2.75) is 13.8 Å². The molecule has 0 fully saturated rings. The van der Waals surface area contributed by atoms with Crippen molar-refractivity contribution in [1.29, 1.82) is 0 Å². The van der Waals surface area contributed by atoms with Crippen LogP contribution in [-0.2, 0) is 0 Å². The van der Waals surface area contributed by atoms with E-state index in [-0.39, 0.29) is 22.8 Å². The van der Waals surface area contributed by atoms with E-state index in [0.29, 0.717) is 32.2 Å². The van der Waals surface area contributed by atoms with Crippen molar-refractivity contribution in [3.8, 4) is 5.82 Å². The van der Waals surface area contributed by atoms with E-state index in [1.54, 1.807) is 26.0 Å². The maximum Gasteiger partial charge on any atom is 0.274 e. The molecule has 0 aliphatic heterocycles. The zero-order valence-corrected chi connectivity index (χ0v) is 18.1. The lowest BCUT2D eigenvalue weighted by atomic mass is 10.1. The lowest BCUT2D eigenvalue weighted by molar-refractivity contribution is 0.100. The average Bonchev–Trinajstić information content (AvgIpc) is 3.26. The van der Waals surface area contributed by atoms with E-state index in [1.165, 1.54) is 23.0 Å². The van der Waals surface area contributed by atoms with Gasteiger partial charge in [0.15, 0.2) is 17.3 Å². The highest BCUT2D eigenvalue weighted by molar-refractivity contribution is 9.10. The first-order chi connectivity index (χ1) is 14.3. The van der Waals surface area contributed by atoms with Crippen LogP contribution < -0.4 is 11.1 Å². The number of halogens is 2. The number of fused-ring (bicyclic) bond motifs is 1. The Bertz CT molecular complexity index is 1330. The number of amides is 2. The maximum atomic E-state index is 13.1. The molecular weight excluding hydrogens is 476 g/mol. The van der Waals surface area contributed by atoms with Gasteiger partial charge in [0.05, 0.1) is 16.3 Å². The topological polar surface area (TPSA) is 129 Å². The lowest BCUT2D eigenvalue weighted by Gasteiger charge is -2.13. The monoisotopic (exact) mass is 488 g/mol. The Labute approximate surface area is 183 Å². The second-order valence-corrected chi connectivity index (χ2v) is 7.62. The predicted octanol–water partition coefficient (Wildman–Crippen LogP) is 3.79. The SMILES string of the molecule is Cc1nc2cc(C(N)=O)c(NC(=O)c3cc(Br)nn3-c3ncccc3Cl)c(C)c2o1. The summed E-state index contributed by atoms with van der Waals surface area (Å²) in [6, 6.07) is 6.30. The summed E-state index contributed by atoms with van der Waals surface area (Å²) in [5.74, 6) is -0.545. The summed E-state index contributed by atoms with van der Waals surface area (Å²) in [6.45, 7) is 3.39. The number of carbonyl (C=O) groups excluding carboxylic acids is 2. The first kappa shape index (κ1) is 20.0. The van der Waals surface area contributed by atoms with Gasteiger partial charge in [-0.15, -0.1) is 0 Å². The molecule has 152 valence electrons. The Morgan fingerprint density at radius 1 is 1.30 bits per heavy atom. The van der Waals surface area contributed by atoms with Crippen LogP contribution in [0.2, 0.25) is 5.02 Å². The van der Waals surface area contributed by atoms with Gasteiger partial charge in [-0.25, -0.2) is 14.6 Å². The van der Waals surface area contributed by atoms with E-state index in [2.05, 4.69) is 36.3 Å². The van der Waals surface area contributed by atoms with Crippen LogP contribution in [0.4, 0.5) is 5.69 Å². The van der Waals surface area contributed by atoms with E-state index >= 15 is 0 Å².